The molecule has 1 aliphatic heterocycles. The molecule has 0 spiro atoms. The molecule has 1 aromatic carbocycles. The zero-order valence-corrected chi connectivity index (χ0v) is 8.55. The third kappa shape index (κ3) is 1.66. The predicted octanol–water partition coefficient (Wildman–Crippen LogP) is 2.16. The van der Waals surface area contributed by atoms with Crippen LogP contribution in [0.4, 0.5) is 5.69 Å². The van der Waals surface area contributed by atoms with Gasteiger partial charge in [-0.1, -0.05) is 25.5 Å². The molecule has 0 saturated heterocycles. The SMILES string of the molecule is CC.Cc1ccc2c(c1)C(=O)C(=O)N2. The van der Waals surface area contributed by atoms with Crippen molar-refractivity contribution in [1.82, 2.24) is 0 Å². The molecular formula is C11H13NO2. The van der Waals surface area contributed by atoms with E-state index in [1.165, 1.54) is 0 Å². The lowest BCUT2D eigenvalue weighted by molar-refractivity contribution is -0.112. The molecule has 3 heteroatoms. The molecule has 0 atom stereocenters. The minimum atomic E-state index is -0.532. The van der Waals surface area contributed by atoms with E-state index in [2.05, 4.69) is 5.32 Å². The van der Waals surface area contributed by atoms with Gasteiger partial charge in [0, 0.05) is 0 Å². The van der Waals surface area contributed by atoms with E-state index in [9.17, 15) is 9.59 Å². The Morgan fingerprint density at radius 1 is 1.14 bits per heavy atom. The molecule has 2 rings (SSSR count). The molecule has 3 nitrogen and oxygen atoms in total. The molecule has 0 aliphatic carbocycles. The summed E-state index contributed by atoms with van der Waals surface area (Å²) in [5.74, 6) is -0.968. The van der Waals surface area contributed by atoms with Crippen molar-refractivity contribution >= 4 is 17.4 Å². The number of nitrogens with one attached hydrogen (secondary N) is 1. The Balaban J connectivity index is 0.000000461. The van der Waals surface area contributed by atoms with Gasteiger partial charge in [-0.05, 0) is 19.1 Å². The molecule has 0 saturated carbocycles. The van der Waals surface area contributed by atoms with Crippen molar-refractivity contribution in [2.45, 2.75) is 20.8 Å². The highest BCUT2D eigenvalue weighted by Gasteiger charge is 2.27. The first kappa shape index (κ1) is 10.4. The van der Waals surface area contributed by atoms with Gasteiger partial charge in [0.2, 0.25) is 0 Å². The Kier molecular flexibility index (Phi) is 3.02. The van der Waals surface area contributed by atoms with Crippen LogP contribution in [0.25, 0.3) is 0 Å². The molecule has 1 amide bonds. The van der Waals surface area contributed by atoms with Gasteiger partial charge in [0.1, 0.15) is 0 Å². The topological polar surface area (TPSA) is 46.2 Å². The molecule has 1 N–H and O–H groups in total. The minimum absolute atomic E-state index is 0.436. The number of aryl methyl sites for hydroxylation is 1. The van der Waals surface area contributed by atoms with E-state index < -0.39 is 11.7 Å². The van der Waals surface area contributed by atoms with Crippen molar-refractivity contribution in [3.63, 3.8) is 0 Å². The smallest absolute Gasteiger partial charge is 0.296 e. The summed E-state index contributed by atoms with van der Waals surface area (Å²) >= 11 is 0. The van der Waals surface area contributed by atoms with Gasteiger partial charge in [0.05, 0.1) is 11.3 Å². The summed E-state index contributed by atoms with van der Waals surface area (Å²) in [5, 5.41) is 2.49. The number of Topliss-reactive ketones (excluding diaryl/α,β-unsaturated/α-hetero) is 1. The number of carbonyl (C=O) groups excluding carboxylic acids is 2. The van der Waals surface area contributed by atoms with Crippen LogP contribution in [0.1, 0.15) is 29.8 Å². The monoisotopic (exact) mass is 191 g/mol. The molecule has 1 heterocycles. The summed E-state index contributed by atoms with van der Waals surface area (Å²) in [6, 6.07) is 5.32. The lowest BCUT2D eigenvalue weighted by Crippen LogP contribution is -2.12. The van der Waals surface area contributed by atoms with E-state index in [4.69, 9.17) is 0 Å². The van der Waals surface area contributed by atoms with Crippen molar-refractivity contribution in [2.24, 2.45) is 0 Å². The lowest BCUT2D eigenvalue weighted by Gasteiger charge is -1.96. The maximum absolute atomic E-state index is 11.1. The summed E-state index contributed by atoms with van der Waals surface area (Å²) in [7, 11) is 0. The number of amides is 1. The van der Waals surface area contributed by atoms with Crippen LogP contribution in [-0.4, -0.2) is 11.7 Å². The molecule has 0 bridgehead atoms. The Hall–Kier alpha value is -1.64. The van der Waals surface area contributed by atoms with Crippen LogP contribution in [0.15, 0.2) is 18.2 Å². The van der Waals surface area contributed by atoms with Gasteiger partial charge in [-0.25, -0.2) is 0 Å². The molecular weight excluding hydrogens is 178 g/mol. The van der Waals surface area contributed by atoms with Crippen molar-refractivity contribution in [2.75, 3.05) is 5.32 Å². The van der Waals surface area contributed by atoms with E-state index in [0.29, 0.717) is 11.3 Å². The van der Waals surface area contributed by atoms with E-state index in [0.717, 1.165) is 5.56 Å². The normalized spacial score (nSPS) is 12.8. The number of ketones is 1. The predicted molar refractivity (Wildman–Crippen MR) is 55.5 cm³/mol. The Labute approximate surface area is 83.1 Å². The highest BCUT2D eigenvalue weighted by Crippen LogP contribution is 2.23. The summed E-state index contributed by atoms with van der Waals surface area (Å²) in [4.78, 5) is 22.0. The maximum atomic E-state index is 11.1. The van der Waals surface area contributed by atoms with Gasteiger partial charge in [0.15, 0.2) is 0 Å². The third-order valence-corrected chi connectivity index (χ3v) is 1.87. The van der Waals surface area contributed by atoms with E-state index >= 15 is 0 Å². The van der Waals surface area contributed by atoms with Crippen LogP contribution in [0.5, 0.6) is 0 Å². The van der Waals surface area contributed by atoms with Gasteiger partial charge in [-0.2, -0.15) is 0 Å². The highest BCUT2D eigenvalue weighted by atomic mass is 16.2. The average Bonchev–Trinajstić information content (AvgIpc) is 2.48. The minimum Gasteiger partial charge on any atom is -0.318 e. The van der Waals surface area contributed by atoms with Crippen LogP contribution in [0, 0.1) is 6.92 Å². The number of benzene rings is 1. The van der Waals surface area contributed by atoms with Crippen molar-refractivity contribution in [1.29, 1.82) is 0 Å². The number of hydrogen-bond donors (Lipinski definition) is 1. The van der Waals surface area contributed by atoms with Gasteiger partial charge in [-0.15, -0.1) is 0 Å². The summed E-state index contributed by atoms with van der Waals surface area (Å²) in [6.07, 6.45) is 0. The fourth-order valence-corrected chi connectivity index (χ4v) is 1.26. The van der Waals surface area contributed by atoms with Crippen LogP contribution in [0.2, 0.25) is 0 Å². The Morgan fingerprint density at radius 2 is 1.79 bits per heavy atom. The second-order valence-electron chi connectivity index (χ2n) is 2.83. The Morgan fingerprint density at radius 3 is 2.43 bits per heavy atom. The molecule has 0 unspecified atom stereocenters. The molecule has 0 aromatic heterocycles. The summed E-state index contributed by atoms with van der Waals surface area (Å²) < 4.78 is 0. The zero-order valence-electron chi connectivity index (χ0n) is 8.55. The van der Waals surface area contributed by atoms with Gasteiger partial charge >= 0.3 is 0 Å². The van der Waals surface area contributed by atoms with Crippen molar-refractivity contribution in [3.8, 4) is 0 Å². The molecule has 14 heavy (non-hydrogen) atoms. The maximum Gasteiger partial charge on any atom is 0.296 e. The van der Waals surface area contributed by atoms with Crippen molar-refractivity contribution < 1.29 is 9.59 Å². The first-order valence-electron chi connectivity index (χ1n) is 4.65. The highest BCUT2D eigenvalue weighted by molar-refractivity contribution is 6.51. The van der Waals surface area contributed by atoms with Crippen LogP contribution in [0.3, 0.4) is 0 Å². The first-order chi connectivity index (χ1) is 6.68. The average molecular weight is 191 g/mol. The summed E-state index contributed by atoms with van der Waals surface area (Å²) in [6.45, 7) is 5.89. The number of anilines is 1. The molecule has 0 radical (unpaired) electrons. The fraction of sp³-hybridized carbons (Fsp3) is 0.273. The van der Waals surface area contributed by atoms with Gasteiger partial charge < -0.3 is 5.32 Å². The number of hydrogen-bond acceptors (Lipinski definition) is 2. The molecule has 1 aromatic rings. The zero-order chi connectivity index (χ0) is 10.7. The standard InChI is InChI=1S/C9H7NO2.C2H6/c1-5-2-3-7-6(4-5)8(11)9(12)10-7;1-2/h2-4H,1H3,(H,10,11,12);1-2H3. The second kappa shape index (κ2) is 4.05. The number of rotatable bonds is 0. The quantitative estimate of drug-likeness (QED) is 0.639. The van der Waals surface area contributed by atoms with Crippen LogP contribution in [-0.2, 0) is 4.79 Å². The van der Waals surface area contributed by atoms with E-state index in [1.54, 1.807) is 12.1 Å². The van der Waals surface area contributed by atoms with Crippen molar-refractivity contribution in [3.05, 3.63) is 29.3 Å². The Bertz CT molecular complexity index is 383. The first-order valence-corrected chi connectivity index (χ1v) is 4.65. The number of carbonyl (C=O) groups is 2. The lowest BCUT2D eigenvalue weighted by atomic mass is 10.1. The van der Waals surface area contributed by atoms with Gasteiger partial charge in [-0.3, -0.25) is 9.59 Å². The molecule has 74 valence electrons. The van der Waals surface area contributed by atoms with E-state index in [1.807, 2.05) is 26.8 Å². The number of fused-ring (bicyclic) bond motifs is 1. The van der Waals surface area contributed by atoms with Crippen LogP contribution < -0.4 is 5.32 Å². The molecule has 1 aliphatic rings. The third-order valence-electron chi connectivity index (χ3n) is 1.87. The summed E-state index contributed by atoms with van der Waals surface area (Å²) in [5.41, 5.74) is 2.09. The second-order valence-corrected chi connectivity index (χ2v) is 2.83. The largest absolute Gasteiger partial charge is 0.318 e. The van der Waals surface area contributed by atoms with Gasteiger partial charge in [0.25, 0.3) is 11.7 Å². The van der Waals surface area contributed by atoms with Crippen LogP contribution >= 0.6 is 0 Å². The molecule has 0 fully saturated rings. The van der Waals surface area contributed by atoms with E-state index in [-0.39, 0.29) is 0 Å². The fourth-order valence-electron chi connectivity index (χ4n) is 1.26.